The molecule has 2 N–H and O–H groups in total. The summed E-state index contributed by atoms with van der Waals surface area (Å²) in [6, 6.07) is 15.9. The topological polar surface area (TPSA) is 45.6 Å². The Morgan fingerprint density at radius 1 is 1.09 bits per heavy atom. The first-order valence-electron chi connectivity index (χ1n) is 7.12. The Labute approximate surface area is 135 Å². The van der Waals surface area contributed by atoms with Gasteiger partial charge in [-0.05, 0) is 54.9 Å². The molecule has 0 bridgehead atoms. The Morgan fingerprint density at radius 3 is 2.64 bits per heavy atom. The molecule has 5 heteroatoms. The van der Waals surface area contributed by atoms with Crippen molar-refractivity contribution in [2.45, 2.75) is 12.8 Å². The van der Waals surface area contributed by atoms with Crippen molar-refractivity contribution in [1.82, 2.24) is 5.43 Å². The molecule has 0 saturated heterocycles. The van der Waals surface area contributed by atoms with Gasteiger partial charge in [-0.3, -0.25) is 5.43 Å². The van der Waals surface area contributed by atoms with E-state index in [9.17, 15) is 0 Å². The number of ether oxygens (including phenoxy) is 1. The van der Waals surface area contributed by atoms with E-state index in [2.05, 4.69) is 34.0 Å². The Bertz CT molecular complexity index is 710. The predicted octanol–water partition coefficient (Wildman–Crippen LogP) is 3.33. The summed E-state index contributed by atoms with van der Waals surface area (Å²) in [5.74, 6) is 0.812. The number of fused-ring (bicyclic) bond motifs is 1. The summed E-state index contributed by atoms with van der Waals surface area (Å²) >= 11 is 5.27. The molecule has 0 heterocycles. The molecule has 0 saturated carbocycles. The Hall–Kier alpha value is -2.40. The monoisotopic (exact) mass is 311 g/mol. The minimum Gasteiger partial charge on any atom is -0.497 e. The van der Waals surface area contributed by atoms with Gasteiger partial charge in [-0.2, -0.15) is 5.10 Å². The molecule has 0 atom stereocenters. The maximum atomic E-state index is 5.27. The van der Waals surface area contributed by atoms with Crippen LogP contribution in [0.25, 0.3) is 0 Å². The first-order chi connectivity index (χ1) is 10.8. The lowest BCUT2D eigenvalue weighted by Crippen LogP contribution is -2.25. The summed E-state index contributed by atoms with van der Waals surface area (Å²) in [5, 5.41) is 8.01. The summed E-state index contributed by atoms with van der Waals surface area (Å²) in [5.41, 5.74) is 7.42. The molecule has 22 heavy (non-hydrogen) atoms. The third-order valence-electron chi connectivity index (χ3n) is 3.60. The van der Waals surface area contributed by atoms with E-state index in [0.29, 0.717) is 5.11 Å². The van der Waals surface area contributed by atoms with Crippen LogP contribution in [0.5, 0.6) is 5.75 Å². The van der Waals surface area contributed by atoms with Gasteiger partial charge in [0.1, 0.15) is 5.75 Å². The molecule has 1 aliphatic carbocycles. The summed E-state index contributed by atoms with van der Waals surface area (Å²) < 4.78 is 5.12. The smallest absolute Gasteiger partial charge is 0.191 e. The van der Waals surface area contributed by atoms with E-state index in [1.165, 1.54) is 11.1 Å². The molecule has 0 unspecified atom stereocenters. The second-order valence-electron chi connectivity index (χ2n) is 5.01. The third-order valence-corrected chi connectivity index (χ3v) is 3.79. The molecular weight excluding hydrogens is 294 g/mol. The predicted molar refractivity (Wildman–Crippen MR) is 93.7 cm³/mol. The van der Waals surface area contributed by atoms with Gasteiger partial charge in [0.25, 0.3) is 0 Å². The maximum Gasteiger partial charge on any atom is 0.191 e. The summed E-state index contributed by atoms with van der Waals surface area (Å²) in [7, 11) is 1.64. The zero-order chi connectivity index (χ0) is 15.4. The molecule has 4 nitrogen and oxygen atoms in total. The quantitative estimate of drug-likeness (QED) is 0.674. The summed E-state index contributed by atoms with van der Waals surface area (Å²) in [6.07, 6.45) is 1.98. The Kier molecular flexibility index (Phi) is 4.34. The first kappa shape index (κ1) is 14.5. The van der Waals surface area contributed by atoms with Gasteiger partial charge in [0, 0.05) is 11.3 Å². The second-order valence-corrected chi connectivity index (χ2v) is 5.42. The van der Waals surface area contributed by atoms with Crippen LogP contribution in [0.4, 0.5) is 5.69 Å². The standard InChI is InChI=1S/C17H17N3OS/c1-21-14-9-7-13(8-10-14)18-17(22)20-19-16-11-6-12-4-2-3-5-15(12)16/h2-5,7-10H,6,11H2,1H3,(H2,18,20,22)/b19-16-. The molecule has 1 aliphatic rings. The molecule has 0 aromatic heterocycles. The molecule has 2 aromatic carbocycles. The van der Waals surface area contributed by atoms with E-state index in [4.69, 9.17) is 17.0 Å². The van der Waals surface area contributed by atoms with Crippen LogP contribution in [-0.4, -0.2) is 17.9 Å². The van der Waals surface area contributed by atoms with Crippen molar-refractivity contribution >= 4 is 28.7 Å². The van der Waals surface area contributed by atoms with Crippen LogP contribution in [0.3, 0.4) is 0 Å². The highest BCUT2D eigenvalue weighted by molar-refractivity contribution is 7.80. The van der Waals surface area contributed by atoms with Crippen LogP contribution in [0.1, 0.15) is 17.5 Å². The number of nitrogens with one attached hydrogen (secondary N) is 2. The minimum absolute atomic E-state index is 0.474. The lowest BCUT2D eigenvalue weighted by atomic mass is 10.1. The van der Waals surface area contributed by atoms with E-state index >= 15 is 0 Å². The van der Waals surface area contributed by atoms with Gasteiger partial charge < -0.3 is 10.1 Å². The van der Waals surface area contributed by atoms with E-state index in [1.807, 2.05) is 30.3 Å². The van der Waals surface area contributed by atoms with Crippen molar-refractivity contribution in [2.75, 3.05) is 12.4 Å². The van der Waals surface area contributed by atoms with Gasteiger partial charge >= 0.3 is 0 Å². The fourth-order valence-electron chi connectivity index (χ4n) is 2.48. The summed E-state index contributed by atoms with van der Waals surface area (Å²) in [6.45, 7) is 0. The molecule has 0 aliphatic heterocycles. The lowest BCUT2D eigenvalue weighted by Gasteiger charge is -2.08. The zero-order valence-corrected chi connectivity index (χ0v) is 13.1. The van der Waals surface area contributed by atoms with Gasteiger partial charge in [0.15, 0.2) is 5.11 Å². The van der Waals surface area contributed by atoms with E-state index < -0.39 is 0 Å². The van der Waals surface area contributed by atoms with E-state index in [-0.39, 0.29) is 0 Å². The van der Waals surface area contributed by atoms with Crippen LogP contribution in [0.2, 0.25) is 0 Å². The Morgan fingerprint density at radius 2 is 1.86 bits per heavy atom. The molecule has 0 radical (unpaired) electrons. The fraction of sp³-hybridized carbons (Fsp3) is 0.176. The number of nitrogens with zero attached hydrogens (tertiary/aromatic N) is 1. The Balaban J connectivity index is 1.62. The van der Waals surface area contributed by atoms with Crippen molar-refractivity contribution in [1.29, 1.82) is 0 Å². The highest BCUT2D eigenvalue weighted by Gasteiger charge is 2.16. The SMILES string of the molecule is COc1ccc(NC(=S)N/N=C2/CCc3ccccc32)cc1. The number of thiocarbonyl (C=S) groups is 1. The van der Waals surface area contributed by atoms with Crippen LogP contribution in [0.15, 0.2) is 53.6 Å². The number of hydrogen-bond acceptors (Lipinski definition) is 3. The van der Waals surface area contributed by atoms with E-state index in [0.717, 1.165) is 30.0 Å². The third kappa shape index (κ3) is 3.26. The number of anilines is 1. The van der Waals surface area contributed by atoms with Gasteiger partial charge in [0.05, 0.1) is 12.8 Å². The van der Waals surface area contributed by atoms with Gasteiger partial charge in [0.2, 0.25) is 0 Å². The maximum absolute atomic E-state index is 5.27. The van der Waals surface area contributed by atoms with Crippen molar-refractivity contribution < 1.29 is 4.74 Å². The molecule has 0 amide bonds. The van der Waals surface area contributed by atoms with Crippen LogP contribution < -0.4 is 15.5 Å². The number of rotatable bonds is 3. The lowest BCUT2D eigenvalue weighted by molar-refractivity contribution is 0.415. The van der Waals surface area contributed by atoms with Crippen molar-refractivity contribution in [2.24, 2.45) is 5.10 Å². The minimum atomic E-state index is 0.474. The van der Waals surface area contributed by atoms with Crippen molar-refractivity contribution in [3.05, 3.63) is 59.7 Å². The molecular formula is C17H17N3OS. The van der Waals surface area contributed by atoms with E-state index in [1.54, 1.807) is 7.11 Å². The number of benzene rings is 2. The zero-order valence-electron chi connectivity index (χ0n) is 12.3. The number of methoxy groups -OCH3 is 1. The average Bonchev–Trinajstić information content (AvgIpc) is 2.97. The highest BCUT2D eigenvalue weighted by atomic mass is 32.1. The van der Waals surface area contributed by atoms with Crippen molar-refractivity contribution in [3.8, 4) is 5.75 Å². The van der Waals surface area contributed by atoms with Crippen molar-refractivity contribution in [3.63, 3.8) is 0 Å². The average molecular weight is 311 g/mol. The number of hydrazone groups is 1. The number of hydrogen-bond donors (Lipinski definition) is 2. The largest absolute Gasteiger partial charge is 0.497 e. The fourth-order valence-corrected chi connectivity index (χ4v) is 2.64. The van der Waals surface area contributed by atoms with Gasteiger partial charge in [-0.25, -0.2) is 0 Å². The second kappa shape index (κ2) is 6.58. The molecule has 3 rings (SSSR count). The summed E-state index contributed by atoms with van der Waals surface area (Å²) in [4.78, 5) is 0. The molecule has 0 fully saturated rings. The van der Waals surface area contributed by atoms with Crippen LogP contribution >= 0.6 is 12.2 Å². The molecule has 112 valence electrons. The van der Waals surface area contributed by atoms with Crippen LogP contribution in [-0.2, 0) is 6.42 Å². The highest BCUT2D eigenvalue weighted by Crippen LogP contribution is 2.21. The normalized spacial score (nSPS) is 14.5. The first-order valence-corrected chi connectivity index (χ1v) is 7.53. The molecule has 2 aromatic rings. The molecule has 0 spiro atoms. The number of aryl methyl sites for hydroxylation is 1. The van der Waals surface area contributed by atoms with Gasteiger partial charge in [-0.1, -0.05) is 24.3 Å². The van der Waals surface area contributed by atoms with Crippen LogP contribution in [0, 0.1) is 0 Å². The van der Waals surface area contributed by atoms with Gasteiger partial charge in [-0.15, -0.1) is 0 Å².